The van der Waals surface area contributed by atoms with Crippen molar-refractivity contribution >= 4 is 103 Å². The van der Waals surface area contributed by atoms with Crippen LogP contribution in [-0.4, -0.2) is 30.2 Å². The highest BCUT2D eigenvalue weighted by Gasteiger charge is 2.27. The fourth-order valence-electron chi connectivity index (χ4n) is 1.98. The first kappa shape index (κ1) is 23.5. The third-order valence-electron chi connectivity index (χ3n) is 3.02. The molecule has 0 bridgehead atoms. The maximum atomic E-state index is 12.6. The van der Waals surface area contributed by atoms with Gasteiger partial charge in [-0.1, -0.05) is 6.92 Å². The number of carbonyl (C=O) groups excluding carboxylic acids is 4. The number of anilines is 2. The van der Waals surface area contributed by atoms with E-state index in [1.54, 1.807) is 0 Å². The van der Waals surface area contributed by atoms with E-state index in [0.717, 1.165) is 0 Å². The van der Waals surface area contributed by atoms with Crippen LogP contribution < -0.4 is 10.6 Å². The average Bonchev–Trinajstić information content (AvgIpc) is 2.53. The molecule has 0 aliphatic heterocycles. The van der Waals surface area contributed by atoms with Gasteiger partial charge in [0.05, 0.1) is 27.6 Å². The van der Waals surface area contributed by atoms with E-state index < -0.39 is 5.97 Å². The van der Waals surface area contributed by atoms with E-state index in [1.807, 2.05) is 74.7 Å². The minimum absolute atomic E-state index is 0.166. The molecule has 0 saturated carbocycles. The number of amides is 2. The summed E-state index contributed by atoms with van der Waals surface area (Å²) in [6.07, 6.45) is 1.01. The van der Waals surface area contributed by atoms with E-state index in [0.29, 0.717) is 34.9 Å². The lowest BCUT2D eigenvalue weighted by molar-refractivity contribution is -0.122. The SMILES string of the molecule is CCCC(=O)COC(=O)c1c(I)c(NC(C)=O)c(I)c(NC(C)=O)c1I. The molecule has 0 aliphatic rings. The Balaban J connectivity index is 3.40. The molecular weight excluding hydrogens is 681 g/mol. The third-order valence-corrected chi connectivity index (χ3v) is 6.25. The molecule has 0 unspecified atom stereocenters. The molecule has 0 atom stereocenters. The van der Waals surface area contributed by atoms with Crippen molar-refractivity contribution in [2.45, 2.75) is 33.6 Å². The maximum Gasteiger partial charge on any atom is 0.340 e. The van der Waals surface area contributed by atoms with E-state index in [2.05, 4.69) is 10.6 Å². The first-order valence-electron chi connectivity index (χ1n) is 7.54. The summed E-state index contributed by atoms with van der Waals surface area (Å²) in [7, 11) is 0. The summed E-state index contributed by atoms with van der Waals surface area (Å²) >= 11 is 5.88. The van der Waals surface area contributed by atoms with Crippen LogP contribution in [0.5, 0.6) is 0 Å². The first-order valence-corrected chi connectivity index (χ1v) is 10.8. The lowest BCUT2D eigenvalue weighted by atomic mass is 10.1. The molecule has 10 heteroatoms. The lowest BCUT2D eigenvalue weighted by Crippen LogP contribution is -2.20. The Bertz CT molecular complexity index is 722. The fourth-order valence-corrected chi connectivity index (χ4v) is 6.13. The maximum absolute atomic E-state index is 12.6. The van der Waals surface area contributed by atoms with Gasteiger partial charge < -0.3 is 15.4 Å². The Labute approximate surface area is 192 Å². The molecule has 0 radical (unpaired) electrons. The van der Waals surface area contributed by atoms with Crippen molar-refractivity contribution in [2.24, 2.45) is 0 Å². The second-order valence-corrected chi connectivity index (χ2v) is 8.53. The van der Waals surface area contributed by atoms with Gasteiger partial charge in [-0.2, -0.15) is 0 Å². The van der Waals surface area contributed by atoms with Gasteiger partial charge >= 0.3 is 5.97 Å². The summed E-state index contributed by atoms with van der Waals surface area (Å²) in [6.45, 7) is 4.26. The van der Waals surface area contributed by atoms with Crippen molar-refractivity contribution in [1.29, 1.82) is 0 Å². The van der Waals surface area contributed by atoms with E-state index in [-0.39, 0.29) is 29.8 Å². The predicted molar refractivity (Wildman–Crippen MR) is 123 cm³/mol. The van der Waals surface area contributed by atoms with Crippen LogP contribution in [0.15, 0.2) is 0 Å². The number of hydrogen-bond acceptors (Lipinski definition) is 5. The molecule has 1 aromatic rings. The van der Waals surface area contributed by atoms with E-state index >= 15 is 0 Å². The van der Waals surface area contributed by atoms with Crippen molar-refractivity contribution in [1.82, 2.24) is 0 Å². The zero-order chi connectivity index (χ0) is 20.0. The summed E-state index contributed by atoms with van der Waals surface area (Å²) < 4.78 is 6.70. The van der Waals surface area contributed by atoms with Gasteiger partial charge in [-0.15, -0.1) is 0 Å². The van der Waals surface area contributed by atoms with Gasteiger partial charge in [-0.3, -0.25) is 14.4 Å². The largest absolute Gasteiger partial charge is 0.454 e. The van der Waals surface area contributed by atoms with Gasteiger partial charge in [0.25, 0.3) is 0 Å². The quantitative estimate of drug-likeness (QED) is 0.332. The first-order chi connectivity index (χ1) is 12.1. The fraction of sp³-hybridized carbons (Fsp3) is 0.375. The zero-order valence-corrected chi connectivity index (χ0v) is 20.8. The van der Waals surface area contributed by atoms with Crippen molar-refractivity contribution < 1.29 is 23.9 Å². The number of benzene rings is 1. The van der Waals surface area contributed by atoms with Crippen LogP contribution in [0, 0.1) is 10.7 Å². The highest BCUT2D eigenvalue weighted by Crippen LogP contribution is 2.39. The Morgan fingerprint density at radius 3 is 1.73 bits per heavy atom. The molecule has 0 aromatic heterocycles. The van der Waals surface area contributed by atoms with Crippen LogP contribution in [0.2, 0.25) is 0 Å². The van der Waals surface area contributed by atoms with Crippen LogP contribution >= 0.6 is 67.8 Å². The highest BCUT2D eigenvalue weighted by atomic mass is 127. The summed E-state index contributed by atoms with van der Waals surface area (Å²) in [5.74, 6) is -1.47. The predicted octanol–water partition coefficient (Wildman–Crippen LogP) is 3.94. The lowest BCUT2D eigenvalue weighted by Gasteiger charge is -2.19. The number of esters is 1. The number of hydrogen-bond donors (Lipinski definition) is 2. The van der Waals surface area contributed by atoms with Crippen LogP contribution in [0.1, 0.15) is 44.0 Å². The van der Waals surface area contributed by atoms with E-state index in [9.17, 15) is 19.2 Å². The molecule has 1 rings (SSSR count). The number of nitrogens with one attached hydrogen (secondary N) is 2. The highest BCUT2D eigenvalue weighted by molar-refractivity contribution is 14.1. The molecule has 2 amide bonds. The Kier molecular flexibility index (Phi) is 9.71. The molecule has 7 nitrogen and oxygen atoms in total. The molecule has 1 aromatic carbocycles. The normalized spacial score (nSPS) is 10.2. The summed E-state index contributed by atoms with van der Waals surface area (Å²) in [5, 5.41) is 5.36. The molecule has 0 fully saturated rings. The third kappa shape index (κ3) is 6.28. The number of ketones is 1. The van der Waals surface area contributed by atoms with Crippen molar-refractivity contribution in [3.8, 4) is 0 Å². The Morgan fingerprint density at radius 2 is 1.35 bits per heavy atom. The van der Waals surface area contributed by atoms with Gasteiger partial charge in [0, 0.05) is 20.3 Å². The van der Waals surface area contributed by atoms with Crippen LogP contribution in [-0.2, 0) is 19.1 Å². The Hall–Kier alpha value is -0.510. The van der Waals surface area contributed by atoms with Gasteiger partial charge in [-0.05, 0) is 74.2 Å². The van der Waals surface area contributed by atoms with Gasteiger partial charge in [0.2, 0.25) is 11.8 Å². The number of carbonyl (C=O) groups is 4. The molecule has 2 N–H and O–H groups in total. The molecule has 0 heterocycles. The smallest absolute Gasteiger partial charge is 0.340 e. The molecule has 26 heavy (non-hydrogen) atoms. The van der Waals surface area contributed by atoms with E-state index in [1.165, 1.54) is 13.8 Å². The van der Waals surface area contributed by atoms with Crippen molar-refractivity contribution in [3.63, 3.8) is 0 Å². The average molecular weight is 698 g/mol. The molecule has 0 spiro atoms. The summed E-state index contributed by atoms with van der Waals surface area (Å²) in [6, 6.07) is 0. The number of rotatable bonds is 7. The second-order valence-electron chi connectivity index (χ2n) is 5.29. The molecule has 142 valence electrons. The topological polar surface area (TPSA) is 102 Å². The minimum Gasteiger partial charge on any atom is -0.454 e. The van der Waals surface area contributed by atoms with Gasteiger partial charge in [0.15, 0.2) is 5.78 Å². The summed E-state index contributed by atoms with van der Waals surface area (Å²) in [5.41, 5.74) is 1.02. The molecular formula is C16H17I3N2O5. The zero-order valence-electron chi connectivity index (χ0n) is 14.3. The summed E-state index contributed by atoms with van der Waals surface area (Å²) in [4.78, 5) is 47.3. The standard InChI is InChI=1S/C16H17I3N2O5/c1-4-5-9(24)6-26-16(25)10-11(17)14(20-7(2)22)13(19)15(12(10)18)21-8(3)23/h4-6H2,1-3H3,(H,20,22)(H,21,23). The van der Waals surface area contributed by atoms with Crippen molar-refractivity contribution in [2.75, 3.05) is 17.2 Å². The molecule has 0 aliphatic carbocycles. The van der Waals surface area contributed by atoms with Crippen molar-refractivity contribution in [3.05, 3.63) is 16.3 Å². The van der Waals surface area contributed by atoms with Gasteiger partial charge in [-0.25, -0.2) is 4.79 Å². The minimum atomic E-state index is -0.683. The van der Waals surface area contributed by atoms with E-state index in [4.69, 9.17) is 4.74 Å². The number of Topliss-reactive ketones (excluding diaryl/α,β-unsaturated/α-hetero) is 1. The van der Waals surface area contributed by atoms with Crippen LogP contribution in [0.25, 0.3) is 0 Å². The molecule has 0 saturated heterocycles. The van der Waals surface area contributed by atoms with Crippen LogP contribution in [0.3, 0.4) is 0 Å². The van der Waals surface area contributed by atoms with Gasteiger partial charge in [0.1, 0.15) is 6.61 Å². The number of ether oxygens (including phenoxy) is 1. The Morgan fingerprint density at radius 1 is 0.885 bits per heavy atom. The number of halogens is 3. The van der Waals surface area contributed by atoms with Crippen LogP contribution in [0.4, 0.5) is 11.4 Å². The monoisotopic (exact) mass is 698 g/mol. The second kappa shape index (κ2) is 10.7.